The maximum atomic E-state index is 13.2. The van der Waals surface area contributed by atoms with E-state index in [1.54, 1.807) is 36.4 Å². The van der Waals surface area contributed by atoms with Crippen molar-refractivity contribution in [3.05, 3.63) is 90.5 Å². The Bertz CT molecular complexity index is 1420. The number of aryl methyl sites for hydroxylation is 1. The number of hydrogen-bond donors (Lipinski definition) is 1. The van der Waals surface area contributed by atoms with Crippen molar-refractivity contribution >= 4 is 75.4 Å². The predicted molar refractivity (Wildman–Crippen MR) is 151 cm³/mol. The Morgan fingerprint density at radius 1 is 0.973 bits per heavy atom. The zero-order chi connectivity index (χ0) is 26.7. The average molecular weight is 651 g/mol. The van der Waals surface area contributed by atoms with Gasteiger partial charge in [-0.15, -0.1) is 0 Å². The molecule has 1 saturated heterocycles. The molecule has 0 aliphatic carbocycles. The average Bonchev–Trinajstić information content (AvgIpc) is 2.88. The minimum absolute atomic E-state index is 0.179. The van der Waals surface area contributed by atoms with E-state index in [-0.39, 0.29) is 12.2 Å². The number of ether oxygens (including phenoxy) is 2. The fraction of sp³-hybridized carbons (Fsp3) is 0.148. The van der Waals surface area contributed by atoms with Crippen molar-refractivity contribution in [3.63, 3.8) is 0 Å². The maximum absolute atomic E-state index is 13.2. The number of nitrogens with zero attached hydrogens (tertiary/aromatic N) is 1. The van der Waals surface area contributed by atoms with Gasteiger partial charge in [-0.25, -0.2) is 9.69 Å². The highest BCUT2D eigenvalue weighted by Crippen LogP contribution is 2.36. The lowest BCUT2D eigenvalue weighted by atomic mass is 10.1. The number of amides is 4. The minimum atomic E-state index is -0.797. The van der Waals surface area contributed by atoms with Gasteiger partial charge in [-0.2, -0.15) is 0 Å². The maximum Gasteiger partial charge on any atom is 0.335 e. The van der Waals surface area contributed by atoms with E-state index in [0.717, 1.165) is 22.4 Å². The number of carbonyl (C=O) groups excluding carboxylic acids is 3. The van der Waals surface area contributed by atoms with Gasteiger partial charge >= 0.3 is 6.03 Å². The summed E-state index contributed by atoms with van der Waals surface area (Å²) in [6.45, 7) is 2.23. The van der Waals surface area contributed by atoms with Crippen LogP contribution >= 0.6 is 45.8 Å². The Morgan fingerprint density at radius 2 is 1.68 bits per heavy atom. The van der Waals surface area contributed by atoms with Gasteiger partial charge in [-0.3, -0.25) is 14.9 Å². The lowest BCUT2D eigenvalue weighted by Gasteiger charge is -2.26. The van der Waals surface area contributed by atoms with Gasteiger partial charge in [0.25, 0.3) is 11.8 Å². The minimum Gasteiger partial charge on any atom is -0.493 e. The third-order valence-corrected chi connectivity index (χ3v) is 7.17. The second kappa shape index (κ2) is 11.5. The first kappa shape index (κ1) is 27.0. The molecule has 0 unspecified atom stereocenters. The molecule has 3 aromatic rings. The number of rotatable bonds is 7. The van der Waals surface area contributed by atoms with Gasteiger partial charge < -0.3 is 9.47 Å². The molecular weight excluding hydrogens is 630 g/mol. The van der Waals surface area contributed by atoms with Crippen LogP contribution in [-0.2, 0) is 22.6 Å². The van der Waals surface area contributed by atoms with Crippen molar-refractivity contribution in [2.45, 2.75) is 20.0 Å². The molecule has 4 amide bonds. The number of halogens is 3. The molecule has 1 aliphatic heterocycles. The van der Waals surface area contributed by atoms with Crippen molar-refractivity contribution in [1.82, 2.24) is 5.32 Å². The van der Waals surface area contributed by atoms with Gasteiger partial charge in [-0.1, -0.05) is 48.3 Å². The third kappa shape index (κ3) is 5.92. The second-order valence-corrected chi connectivity index (χ2v) is 10.0. The highest BCUT2D eigenvalue weighted by Gasteiger charge is 2.36. The van der Waals surface area contributed by atoms with Crippen LogP contribution in [0.3, 0.4) is 0 Å². The van der Waals surface area contributed by atoms with E-state index in [2.05, 4.69) is 27.9 Å². The number of methoxy groups -OCH3 is 1. The highest BCUT2D eigenvalue weighted by molar-refractivity contribution is 14.1. The largest absolute Gasteiger partial charge is 0.493 e. The molecule has 1 N–H and O–H groups in total. The lowest BCUT2D eigenvalue weighted by Crippen LogP contribution is -2.54. The Hall–Kier alpha value is -3.08. The molecule has 0 saturated carbocycles. The summed E-state index contributed by atoms with van der Waals surface area (Å²) in [5.74, 6) is -0.591. The van der Waals surface area contributed by atoms with E-state index < -0.39 is 17.8 Å². The van der Waals surface area contributed by atoms with E-state index in [0.29, 0.717) is 36.4 Å². The fourth-order valence-electron chi connectivity index (χ4n) is 3.69. The Morgan fingerprint density at radius 3 is 2.32 bits per heavy atom. The smallest absolute Gasteiger partial charge is 0.335 e. The fourth-order valence-corrected chi connectivity index (χ4v) is 4.79. The van der Waals surface area contributed by atoms with Gasteiger partial charge in [0.05, 0.1) is 26.4 Å². The Labute approximate surface area is 237 Å². The molecule has 10 heteroatoms. The predicted octanol–water partition coefficient (Wildman–Crippen LogP) is 6.41. The Kier molecular flexibility index (Phi) is 8.41. The molecule has 190 valence electrons. The van der Waals surface area contributed by atoms with Crippen LogP contribution in [0.5, 0.6) is 11.5 Å². The first-order valence-electron chi connectivity index (χ1n) is 11.2. The normalized spacial score (nSPS) is 14.7. The van der Waals surface area contributed by atoms with Gasteiger partial charge in [-0.05, 0) is 88.2 Å². The van der Waals surface area contributed by atoms with Crippen LogP contribution in [0, 0.1) is 3.57 Å². The van der Waals surface area contributed by atoms with Crippen molar-refractivity contribution in [1.29, 1.82) is 0 Å². The van der Waals surface area contributed by atoms with Gasteiger partial charge in [0, 0.05) is 0 Å². The van der Waals surface area contributed by atoms with E-state index >= 15 is 0 Å². The number of benzene rings is 3. The van der Waals surface area contributed by atoms with Crippen molar-refractivity contribution in [3.8, 4) is 11.5 Å². The summed E-state index contributed by atoms with van der Waals surface area (Å²) in [7, 11) is 1.49. The van der Waals surface area contributed by atoms with Crippen LogP contribution in [-0.4, -0.2) is 25.0 Å². The molecule has 1 fully saturated rings. The van der Waals surface area contributed by atoms with E-state index in [1.165, 1.54) is 13.2 Å². The number of urea groups is 1. The molecule has 1 aliphatic rings. The van der Waals surface area contributed by atoms with Gasteiger partial charge in [0.15, 0.2) is 11.5 Å². The quantitative estimate of drug-likeness (QED) is 0.181. The molecule has 0 atom stereocenters. The molecule has 7 nitrogen and oxygen atoms in total. The van der Waals surface area contributed by atoms with Crippen molar-refractivity contribution in [2.75, 3.05) is 12.0 Å². The van der Waals surface area contributed by atoms with Crippen molar-refractivity contribution < 1.29 is 23.9 Å². The zero-order valence-corrected chi connectivity index (χ0v) is 23.5. The third-order valence-electron chi connectivity index (χ3n) is 5.63. The Balaban J connectivity index is 1.62. The molecule has 1 heterocycles. The van der Waals surface area contributed by atoms with Gasteiger partial charge in [0.1, 0.15) is 12.2 Å². The molecule has 0 bridgehead atoms. The van der Waals surface area contributed by atoms with Crippen molar-refractivity contribution in [2.24, 2.45) is 0 Å². The number of anilines is 1. The summed E-state index contributed by atoms with van der Waals surface area (Å²) in [6.07, 6.45) is 2.24. The summed E-state index contributed by atoms with van der Waals surface area (Å²) < 4.78 is 12.2. The van der Waals surface area contributed by atoms with Crippen LogP contribution in [0.15, 0.2) is 60.2 Å². The summed E-state index contributed by atoms with van der Waals surface area (Å²) >= 11 is 14.2. The van der Waals surface area contributed by atoms with E-state index in [9.17, 15) is 14.4 Å². The summed E-state index contributed by atoms with van der Waals surface area (Å²) in [5.41, 5.74) is 2.60. The molecule has 0 aromatic heterocycles. The van der Waals surface area contributed by atoms with Crippen LogP contribution in [0.1, 0.15) is 23.6 Å². The molecular formula is C27H21Cl2IN2O5. The molecule has 37 heavy (non-hydrogen) atoms. The number of barbiturate groups is 1. The standard InChI is InChI=1S/C27H21Cl2IN2O5/c1-3-15-4-7-18(8-5-15)32-26(34)19(25(33)31-27(32)35)10-17-12-22(30)24(23(13-17)36-2)37-14-16-6-9-20(28)21(29)11-16/h4-13H,3,14H2,1-2H3,(H,31,33,35)/b19-10-. The highest BCUT2D eigenvalue weighted by atomic mass is 127. The van der Waals surface area contributed by atoms with E-state index in [1.807, 2.05) is 25.1 Å². The topological polar surface area (TPSA) is 84.9 Å². The van der Waals surface area contributed by atoms with Crippen LogP contribution in [0.2, 0.25) is 10.0 Å². The number of carbonyl (C=O) groups is 3. The summed E-state index contributed by atoms with van der Waals surface area (Å²) in [6, 6.07) is 14.8. The summed E-state index contributed by atoms with van der Waals surface area (Å²) in [4.78, 5) is 39.2. The van der Waals surface area contributed by atoms with Crippen LogP contribution in [0.25, 0.3) is 6.08 Å². The first-order chi connectivity index (χ1) is 17.7. The molecule has 3 aromatic carbocycles. The number of imide groups is 2. The van der Waals surface area contributed by atoms with Crippen LogP contribution < -0.4 is 19.7 Å². The van der Waals surface area contributed by atoms with Crippen LogP contribution in [0.4, 0.5) is 10.5 Å². The lowest BCUT2D eigenvalue weighted by molar-refractivity contribution is -0.122. The number of hydrogen-bond acceptors (Lipinski definition) is 5. The number of nitrogens with one attached hydrogen (secondary N) is 1. The SMILES string of the molecule is CCc1ccc(N2C(=O)NC(=O)/C(=C/c3cc(I)c(OCc4ccc(Cl)c(Cl)c4)c(OC)c3)C2=O)cc1. The first-order valence-corrected chi connectivity index (χ1v) is 13.0. The zero-order valence-electron chi connectivity index (χ0n) is 19.8. The molecule has 0 spiro atoms. The van der Waals surface area contributed by atoms with Gasteiger partial charge in [0.2, 0.25) is 0 Å². The molecule has 0 radical (unpaired) electrons. The summed E-state index contributed by atoms with van der Waals surface area (Å²) in [5, 5.41) is 3.12. The molecule has 4 rings (SSSR count). The van der Waals surface area contributed by atoms with E-state index in [4.69, 9.17) is 32.7 Å². The monoisotopic (exact) mass is 650 g/mol. The second-order valence-electron chi connectivity index (χ2n) is 8.05.